The predicted molar refractivity (Wildman–Crippen MR) is 80.5 cm³/mol. The quantitative estimate of drug-likeness (QED) is 0.604. The summed E-state index contributed by atoms with van der Waals surface area (Å²) in [6.45, 7) is 3.99. The lowest BCUT2D eigenvalue weighted by molar-refractivity contribution is -0.274. The molecule has 1 N–H and O–H groups in total. The number of halogens is 3. The van der Waals surface area contributed by atoms with Crippen LogP contribution in [-0.4, -0.2) is 38.2 Å². The number of allylic oxidation sites excluding steroid dienone is 1. The number of hydrogen-bond acceptors (Lipinski definition) is 6. The molecule has 0 saturated heterocycles. The van der Waals surface area contributed by atoms with Gasteiger partial charge in [0.2, 0.25) is 11.1 Å². The maximum Gasteiger partial charge on any atom is 0.573 e. The van der Waals surface area contributed by atoms with Crippen LogP contribution in [0, 0.1) is 0 Å². The van der Waals surface area contributed by atoms with Crippen LogP contribution in [0.3, 0.4) is 0 Å². The number of nitrogens with zero attached hydrogens (tertiary/aromatic N) is 4. The Balaban J connectivity index is 1.86. The number of thioether (sulfide) groups is 1. The summed E-state index contributed by atoms with van der Waals surface area (Å²) in [6.07, 6.45) is -3.14. The number of anilines is 1. The van der Waals surface area contributed by atoms with Crippen molar-refractivity contribution in [3.63, 3.8) is 0 Å². The molecule has 0 saturated carbocycles. The zero-order valence-corrected chi connectivity index (χ0v) is 13.0. The first-order valence-corrected chi connectivity index (χ1v) is 7.51. The lowest BCUT2D eigenvalue weighted by Gasteiger charge is -2.09. The van der Waals surface area contributed by atoms with Gasteiger partial charge in [0.05, 0.1) is 12.3 Å². The molecule has 24 heavy (non-hydrogen) atoms. The van der Waals surface area contributed by atoms with E-state index in [2.05, 4.69) is 32.2 Å². The zero-order chi connectivity index (χ0) is 17.6. The van der Waals surface area contributed by atoms with Crippen molar-refractivity contribution in [1.29, 1.82) is 0 Å². The summed E-state index contributed by atoms with van der Waals surface area (Å²) in [6, 6.07) is 4.85. The lowest BCUT2D eigenvalue weighted by Crippen LogP contribution is -2.17. The Bertz CT molecular complexity index is 702. The molecule has 2 rings (SSSR count). The first-order valence-electron chi connectivity index (χ1n) is 6.53. The second-order valence-corrected chi connectivity index (χ2v) is 5.28. The van der Waals surface area contributed by atoms with Gasteiger partial charge in [-0.05, 0) is 34.7 Å². The number of rotatable bonds is 7. The van der Waals surface area contributed by atoms with Gasteiger partial charge in [0.1, 0.15) is 5.75 Å². The van der Waals surface area contributed by atoms with E-state index in [-0.39, 0.29) is 17.4 Å². The highest BCUT2D eigenvalue weighted by Crippen LogP contribution is 2.24. The monoisotopic (exact) mass is 359 g/mol. The van der Waals surface area contributed by atoms with Crippen LogP contribution in [0.5, 0.6) is 5.75 Å². The average Bonchev–Trinajstić information content (AvgIpc) is 2.93. The van der Waals surface area contributed by atoms with Crippen LogP contribution < -0.4 is 10.1 Å². The molecule has 1 aromatic carbocycles. The van der Waals surface area contributed by atoms with Crippen LogP contribution in [0.1, 0.15) is 0 Å². The highest BCUT2D eigenvalue weighted by Gasteiger charge is 2.30. The van der Waals surface area contributed by atoms with E-state index in [0.29, 0.717) is 17.4 Å². The number of ether oxygens (including phenoxy) is 1. The molecule has 128 valence electrons. The van der Waals surface area contributed by atoms with Crippen molar-refractivity contribution >= 4 is 23.4 Å². The van der Waals surface area contributed by atoms with E-state index in [9.17, 15) is 18.0 Å². The number of carbonyl (C=O) groups excluding carboxylic acids is 1. The molecule has 0 bridgehead atoms. The maximum absolute atomic E-state index is 12.1. The topological polar surface area (TPSA) is 81.9 Å². The van der Waals surface area contributed by atoms with E-state index in [1.807, 2.05) is 0 Å². The van der Waals surface area contributed by atoms with Gasteiger partial charge in [0.15, 0.2) is 0 Å². The van der Waals surface area contributed by atoms with Gasteiger partial charge in [-0.2, -0.15) is 0 Å². The van der Waals surface area contributed by atoms with Crippen molar-refractivity contribution in [2.75, 3.05) is 11.1 Å². The number of tetrazole rings is 1. The molecule has 0 fully saturated rings. The molecule has 11 heteroatoms. The fraction of sp³-hybridized carbons (Fsp3) is 0.231. The summed E-state index contributed by atoms with van der Waals surface area (Å²) in [4.78, 5) is 11.8. The Labute approximate surface area is 138 Å². The molecule has 7 nitrogen and oxygen atoms in total. The Morgan fingerprint density at radius 1 is 1.38 bits per heavy atom. The van der Waals surface area contributed by atoms with E-state index in [1.165, 1.54) is 16.8 Å². The van der Waals surface area contributed by atoms with Crippen LogP contribution in [-0.2, 0) is 11.3 Å². The molecule has 0 aliphatic carbocycles. The van der Waals surface area contributed by atoms with E-state index >= 15 is 0 Å². The van der Waals surface area contributed by atoms with Crippen molar-refractivity contribution < 1.29 is 22.7 Å². The summed E-state index contributed by atoms with van der Waals surface area (Å²) in [5.74, 6) is -0.672. The second-order valence-electron chi connectivity index (χ2n) is 4.34. The van der Waals surface area contributed by atoms with Crippen LogP contribution in [0.15, 0.2) is 42.1 Å². The molecule has 0 aliphatic heterocycles. The van der Waals surface area contributed by atoms with Crippen molar-refractivity contribution in [3.05, 3.63) is 36.9 Å². The number of aromatic nitrogens is 4. The van der Waals surface area contributed by atoms with Crippen molar-refractivity contribution in [3.8, 4) is 5.75 Å². The standard InChI is InChI=1S/C13H12F3N5O2S/c1-2-7-21-12(18-19-20-21)24-8-11(22)17-9-3-5-10(6-4-9)23-13(14,15)16/h2-6H,1,7-8H2,(H,17,22). The van der Waals surface area contributed by atoms with Gasteiger partial charge in [0.25, 0.3) is 0 Å². The number of hydrogen-bond donors (Lipinski definition) is 1. The largest absolute Gasteiger partial charge is 0.573 e. The van der Waals surface area contributed by atoms with E-state index < -0.39 is 6.36 Å². The number of amides is 1. The lowest BCUT2D eigenvalue weighted by atomic mass is 10.3. The van der Waals surface area contributed by atoms with E-state index in [4.69, 9.17) is 0 Å². The van der Waals surface area contributed by atoms with Gasteiger partial charge in [0, 0.05) is 5.69 Å². The van der Waals surface area contributed by atoms with Crippen molar-refractivity contribution in [2.24, 2.45) is 0 Å². The Morgan fingerprint density at radius 2 is 2.08 bits per heavy atom. The first kappa shape index (κ1) is 17.8. The van der Waals surface area contributed by atoms with Crippen LogP contribution in [0.25, 0.3) is 0 Å². The van der Waals surface area contributed by atoms with Gasteiger partial charge in [-0.3, -0.25) is 4.79 Å². The second kappa shape index (κ2) is 7.81. The number of alkyl halides is 3. The number of benzene rings is 1. The van der Waals surface area contributed by atoms with Gasteiger partial charge in [-0.1, -0.05) is 17.8 Å². The highest BCUT2D eigenvalue weighted by molar-refractivity contribution is 7.99. The third kappa shape index (κ3) is 5.57. The molecular weight excluding hydrogens is 347 g/mol. The fourth-order valence-corrected chi connectivity index (χ4v) is 2.29. The molecule has 0 spiro atoms. The summed E-state index contributed by atoms with van der Waals surface area (Å²) in [5, 5.41) is 14.0. The third-order valence-corrected chi connectivity index (χ3v) is 3.46. The zero-order valence-electron chi connectivity index (χ0n) is 12.2. The Hall–Kier alpha value is -2.56. The third-order valence-electron chi connectivity index (χ3n) is 2.51. The molecule has 1 aromatic heterocycles. The Kier molecular flexibility index (Phi) is 5.79. The molecule has 1 heterocycles. The summed E-state index contributed by atoms with van der Waals surface area (Å²) in [5.41, 5.74) is 0.348. The van der Waals surface area contributed by atoms with Crippen molar-refractivity contribution in [1.82, 2.24) is 20.2 Å². The maximum atomic E-state index is 12.1. The van der Waals surface area contributed by atoms with Gasteiger partial charge in [-0.25, -0.2) is 4.68 Å². The number of carbonyl (C=O) groups is 1. The van der Waals surface area contributed by atoms with Crippen molar-refractivity contribution in [2.45, 2.75) is 18.1 Å². The normalized spacial score (nSPS) is 11.1. The van der Waals surface area contributed by atoms with Crippen LogP contribution in [0.2, 0.25) is 0 Å². The summed E-state index contributed by atoms with van der Waals surface area (Å²) >= 11 is 1.13. The molecular formula is C13H12F3N5O2S. The first-order chi connectivity index (χ1) is 11.4. The Morgan fingerprint density at radius 3 is 2.71 bits per heavy atom. The van der Waals surface area contributed by atoms with Gasteiger partial charge >= 0.3 is 6.36 Å². The molecule has 1 amide bonds. The average molecular weight is 359 g/mol. The molecule has 0 atom stereocenters. The molecule has 0 radical (unpaired) electrons. The van der Waals surface area contributed by atoms with E-state index in [0.717, 1.165) is 23.9 Å². The van der Waals surface area contributed by atoms with E-state index in [1.54, 1.807) is 6.08 Å². The minimum Gasteiger partial charge on any atom is -0.406 e. The SMILES string of the molecule is C=CCn1nnnc1SCC(=O)Nc1ccc(OC(F)(F)F)cc1. The predicted octanol–water partition coefficient (Wildman–Crippen LogP) is 2.49. The van der Waals surface area contributed by atoms with Crippen LogP contribution in [0.4, 0.5) is 18.9 Å². The minimum absolute atomic E-state index is 0.0400. The smallest absolute Gasteiger partial charge is 0.406 e. The molecule has 0 unspecified atom stereocenters. The van der Waals surface area contributed by atoms with Gasteiger partial charge < -0.3 is 10.1 Å². The molecule has 2 aromatic rings. The fourth-order valence-electron chi connectivity index (χ4n) is 1.60. The number of nitrogens with one attached hydrogen (secondary N) is 1. The highest BCUT2D eigenvalue weighted by atomic mass is 32.2. The molecule has 0 aliphatic rings. The summed E-state index contributed by atoms with van der Waals surface area (Å²) in [7, 11) is 0. The van der Waals surface area contributed by atoms with Crippen LogP contribution >= 0.6 is 11.8 Å². The minimum atomic E-state index is -4.75. The van der Waals surface area contributed by atoms with Gasteiger partial charge in [-0.15, -0.1) is 24.8 Å². The summed E-state index contributed by atoms with van der Waals surface area (Å²) < 4.78 is 41.4.